The quantitative estimate of drug-likeness (QED) is 0.555. The Balaban J connectivity index is 1.48. The molecule has 5 nitrogen and oxygen atoms in total. The van der Waals surface area contributed by atoms with Gasteiger partial charge < -0.3 is 15.0 Å². The number of ether oxygens (including phenoxy) is 1. The highest BCUT2D eigenvalue weighted by Gasteiger charge is 2.25. The lowest BCUT2D eigenvalue weighted by atomic mass is 10.1. The van der Waals surface area contributed by atoms with Crippen LogP contribution >= 0.6 is 11.3 Å². The van der Waals surface area contributed by atoms with Gasteiger partial charge in [-0.1, -0.05) is 37.3 Å². The fraction of sp³-hybridized carbons (Fsp3) is 0.524. The minimum atomic E-state index is 0.559. The summed E-state index contributed by atoms with van der Waals surface area (Å²) in [6.07, 6.45) is 2.14. The number of nitrogens with one attached hydrogen (secondary N) is 1. The predicted molar refractivity (Wildman–Crippen MR) is 112 cm³/mol. The number of hydrogen-bond donors (Lipinski definition) is 1. The number of nitrogens with zero attached hydrogens (tertiary/aromatic N) is 3. The van der Waals surface area contributed by atoms with Gasteiger partial charge in [-0.2, -0.15) is 0 Å². The number of hydrogen-bond acceptors (Lipinski definition) is 4. The number of benzene rings is 1. The molecule has 0 radical (unpaired) electrons. The minimum Gasteiger partial charge on any atom is -0.376 e. The van der Waals surface area contributed by atoms with Crippen LogP contribution in [0.3, 0.4) is 0 Å². The molecule has 0 amide bonds. The van der Waals surface area contributed by atoms with Gasteiger partial charge in [0.25, 0.3) is 0 Å². The maximum Gasteiger partial charge on any atom is 0.194 e. The molecule has 2 heterocycles. The molecule has 0 bridgehead atoms. The molecule has 1 atom stereocenters. The highest BCUT2D eigenvalue weighted by molar-refractivity contribution is 7.09. The molecule has 0 saturated carbocycles. The molecule has 1 aromatic heterocycles. The summed E-state index contributed by atoms with van der Waals surface area (Å²) in [4.78, 5) is 11.8. The van der Waals surface area contributed by atoms with E-state index in [0.717, 1.165) is 50.7 Å². The van der Waals surface area contributed by atoms with E-state index in [2.05, 4.69) is 58.7 Å². The van der Waals surface area contributed by atoms with Crippen molar-refractivity contribution in [2.24, 2.45) is 10.9 Å². The first-order valence-corrected chi connectivity index (χ1v) is 10.7. The van der Waals surface area contributed by atoms with Crippen molar-refractivity contribution in [2.45, 2.75) is 39.8 Å². The van der Waals surface area contributed by atoms with Crippen LogP contribution in [0, 0.1) is 5.92 Å². The lowest BCUT2D eigenvalue weighted by molar-refractivity contribution is 0.0906. The monoisotopic (exact) mass is 386 g/mol. The maximum absolute atomic E-state index is 5.94. The van der Waals surface area contributed by atoms with Crippen LogP contribution in [0.2, 0.25) is 0 Å². The number of aromatic nitrogens is 1. The molecule has 0 aliphatic carbocycles. The molecule has 1 N–H and O–H groups in total. The lowest BCUT2D eigenvalue weighted by Crippen LogP contribution is -2.40. The fourth-order valence-corrected chi connectivity index (χ4v) is 3.98. The Hall–Kier alpha value is -1.92. The van der Waals surface area contributed by atoms with E-state index in [-0.39, 0.29) is 0 Å². The van der Waals surface area contributed by atoms with Crippen molar-refractivity contribution in [3.8, 4) is 0 Å². The van der Waals surface area contributed by atoms with E-state index in [9.17, 15) is 0 Å². The second-order valence-electron chi connectivity index (χ2n) is 6.86. The summed E-state index contributed by atoms with van der Waals surface area (Å²) in [6.45, 7) is 9.29. The molecule has 0 spiro atoms. The molecule has 1 saturated heterocycles. The Bertz CT molecular complexity index is 716. The first-order valence-electron chi connectivity index (χ1n) is 9.86. The predicted octanol–water partition coefficient (Wildman–Crippen LogP) is 3.71. The molecule has 1 aliphatic rings. The number of aliphatic imine (C=N–C) groups is 1. The van der Waals surface area contributed by atoms with Gasteiger partial charge in [-0.15, -0.1) is 11.3 Å². The van der Waals surface area contributed by atoms with E-state index in [0.29, 0.717) is 19.1 Å². The smallest absolute Gasteiger partial charge is 0.194 e. The average molecular weight is 387 g/mol. The molecule has 1 aromatic carbocycles. The summed E-state index contributed by atoms with van der Waals surface area (Å²) < 4.78 is 5.94. The molecule has 1 aliphatic heterocycles. The van der Waals surface area contributed by atoms with Crippen molar-refractivity contribution >= 4 is 17.3 Å². The zero-order valence-electron chi connectivity index (χ0n) is 16.4. The van der Waals surface area contributed by atoms with Crippen molar-refractivity contribution in [1.29, 1.82) is 0 Å². The number of aryl methyl sites for hydroxylation is 1. The third kappa shape index (κ3) is 6.04. The molecule has 2 aromatic rings. The third-order valence-electron chi connectivity index (χ3n) is 4.68. The van der Waals surface area contributed by atoms with Gasteiger partial charge in [-0.3, -0.25) is 0 Å². The number of guanidine groups is 1. The Morgan fingerprint density at radius 1 is 1.33 bits per heavy atom. The van der Waals surface area contributed by atoms with E-state index < -0.39 is 0 Å². The van der Waals surface area contributed by atoms with Crippen molar-refractivity contribution in [3.05, 3.63) is 52.0 Å². The zero-order valence-corrected chi connectivity index (χ0v) is 17.2. The second-order valence-corrected chi connectivity index (χ2v) is 7.80. The molecule has 146 valence electrons. The van der Waals surface area contributed by atoms with E-state index in [1.165, 1.54) is 10.6 Å². The van der Waals surface area contributed by atoms with Gasteiger partial charge in [0.2, 0.25) is 0 Å². The molecular formula is C21H30N4OS. The van der Waals surface area contributed by atoms with Crippen LogP contribution in [-0.4, -0.2) is 42.1 Å². The van der Waals surface area contributed by atoms with Crippen molar-refractivity contribution in [1.82, 2.24) is 15.2 Å². The van der Waals surface area contributed by atoms with Crippen LogP contribution in [0.25, 0.3) is 0 Å². The van der Waals surface area contributed by atoms with Gasteiger partial charge in [0, 0.05) is 30.9 Å². The highest BCUT2D eigenvalue weighted by Crippen LogP contribution is 2.18. The topological polar surface area (TPSA) is 49.8 Å². The minimum absolute atomic E-state index is 0.559. The van der Waals surface area contributed by atoms with E-state index in [1.807, 2.05) is 6.07 Å². The normalized spacial score (nSPS) is 17.5. The molecule has 1 fully saturated rings. The number of thiazole rings is 1. The molecule has 6 heteroatoms. The highest BCUT2D eigenvalue weighted by atomic mass is 32.1. The first kappa shape index (κ1) is 19.8. The Labute approximate surface area is 166 Å². The van der Waals surface area contributed by atoms with Gasteiger partial charge in [0.15, 0.2) is 5.96 Å². The first-order chi connectivity index (χ1) is 13.3. The SMILES string of the molecule is CCNC(=NCc1csc(CC)n1)N1CCC(COCc2ccccc2)C1. The summed E-state index contributed by atoms with van der Waals surface area (Å²) in [5.41, 5.74) is 2.30. The zero-order chi connectivity index (χ0) is 18.9. The summed E-state index contributed by atoms with van der Waals surface area (Å²) >= 11 is 1.72. The number of likely N-dealkylation sites (tertiary alicyclic amines) is 1. The van der Waals surface area contributed by atoms with E-state index in [4.69, 9.17) is 9.73 Å². The van der Waals surface area contributed by atoms with Gasteiger partial charge in [0.05, 0.1) is 30.5 Å². The average Bonchev–Trinajstić information content (AvgIpc) is 3.35. The summed E-state index contributed by atoms with van der Waals surface area (Å²) in [5.74, 6) is 1.55. The van der Waals surface area contributed by atoms with Crippen LogP contribution in [0.1, 0.15) is 36.5 Å². The third-order valence-corrected chi connectivity index (χ3v) is 5.72. The second kappa shape index (κ2) is 10.4. The Morgan fingerprint density at radius 2 is 2.19 bits per heavy atom. The lowest BCUT2D eigenvalue weighted by Gasteiger charge is -2.21. The van der Waals surface area contributed by atoms with Crippen molar-refractivity contribution in [2.75, 3.05) is 26.2 Å². The van der Waals surface area contributed by atoms with Gasteiger partial charge >= 0.3 is 0 Å². The van der Waals surface area contributed by atoms with E-state index in [1.54, 1.807) is 11.3 Å². The van der Waals surface area contributed by atoms with Gasteiger partial charge in [-0.25, -0.2) is 9.98 Å². The van der Waals surface area contributed by atoms with Crippen LogP contribution in [0.4, 0.5) is 0 Å². The van der Waals surface area contributed by atoms with Crippen LogP contribution in [0.5, 0.6) is 0 Å². The van der Waals surface area contributed by atoms with E-state index >= 15 is 0 Å². The Kier molecular flexibility index (Phi) is 7.66. The van der Waals surface area contributed by atoms with Crippen molar-refractivity contribution < 1.29 is 4.74 Å². The number of rotatable bonds is 8. The maximum atomic E-state index is 5.94. The Morgan fingerprint density at radius 3 is 2.93 bits per heavy atom. The largest absolute Gasteiger partial charge is 0.376 e. The van der Waals surface area contributed by atoms with Crippen LogP contribution < -0.4 is 5.32 Å². The summed E-state index contributed by atoms with van der Waals surface area (Å²) in [5, 5.41) is 6.73. The molecule has 1 unspecified atom stereocenters. The van der Waals surface area contributed by atoms with Crippen molar-refractivity contribution in [3.63, 3.8) is 0 Å². The van der Waals surface area contributed by atoms with Gasteiger partial charge in [0.1, 0.15) is 0 Å². The summed E-state index contributed by atoms with van der Waals surface area (Å²) in [6, 6.07) is 10.4. The fourth-order valence-electron chi connectivity index (χ4n) is 3.24. The van der Waals surface area contributed by atoms with Crippen LogP contribution in [0.15, 0.2) is 40.7 Å². The molecule has 27 heavy (non-hydrogen) atoms. The van der Waals surface area contributed by atoms with Crippen LogP contribution in [-0.2, 0) is 24.3 Å². The molecule has 3 rings (SSSR count). The standard InChI is InChI=1S/C21H30N4OS/c1-3-20-24-19(16-27-20)12-23-21(22-4-2)25-11-10-18(13-25)15-26-14-17-8-6-5-7-9-17/h5-9,16,18H,3-4,10-15H2,1-2H3,(H,22,23). The summed E-state index contributed by atoms with van der Waals surface area (Å²) in [7, 11) is 0. The molecular weight excluding hydrogens is 356 g/mol. The van der Waals surface area contributed by atoms with Gasteiger partial charge in [-0.05, 0) is 25.3 Å².